The highest BCUT2D eigenvalue weighted by molar-refractivity contribution is 5.99. The van der Waals surface area contributed by atoms with Gasteiger partial charge >= 0.3 is 0 Å². The summed E-state index contributed by atoms with van der Waals surface area (Å²) in [6.07, 6.45) is 8.61. The number of hydrogen-bond acceptors (Lipinski definition) is 2. The van der Waals surface area contributed by atoms with Gasteiger partial charge in [-0.1, -0.05) is 43.5 Å². The highest BCUT2D eigenvalue weighted by atomic mass is 16.1. The van der Waals surface area contributed by atoms with Gasteiger partial charge in [-0.05, 0) is 44.3 Å². The largest absolute Gasteiger partial charge is 0.299 e. The van der Waals surface area contributed by atoms with E-state index in [1.807, 2.05) is 12.1 Å². The van der Waals surface area contributed by atoms with E-state index in [2.05, 4.69) is 17.0 Å². The number of Topliss-reactive ketones (excluding diaryl/α,β-unsaturated/α-hetero) is 1. The van der Waals surface area contributed by atoms with Crippen LogP contribution in [0.4, 0.5) is 0 Å². The molecular weight excluding hydrogens is 246 g/mol. The van der Waals surface area contributed by atoms with Gasteiger partial charge in [0.15, 0.2) is 5.78 Å². The standard InChI is InChI=1S/C18H25NO/c20-18(15-8-2-3-9-15)17-11-5-4-10-16(17)14-19-12-6-1-7-13-19/h4-5,10-11,15H,1-3,6-9,12-14H2. The fourth-order valence-corrected chi connectivity index (χ4v) is 3.66. The van der Waals surface area contributed by atoms with Crippen molar-refractivity contribution in [2.24, 2.45) is 5.92 Å². The summed E-state index contributed by atoms with van der Waals surface area (Å²) in [5.41, 5.74) is 2.23. The predicted octanol–water partition coefficient (Wildman–Crippen LogP) is 4.05. The van der Waals surface area contributed by atoms with Gasteiger partial charge < -0.3 is 0 Å². The third kappa shape index (κ3) is 3.12. The Bertz CT molecular complexity index is 456. The van der Waals surface area contributed by atoms with Crippen LogP contribution in [-0.4, -0.2) is 23.8 Å². The van der Waals surface area contributed by atoms with Gasteiger partial charge in [0.1, 0.15) is 0 Å². The second-order valence-corrected chi connectivity index (χ2v) is 6.34. The fraction of sp³-hybridized carbons (Fsp3) is 0.611. The monoisotopic (exact) mass is 271 g/mol. The lowest BCUT2D eigenvalue weighted by molar-refractivity contribution is 0.0920. The van der Waals surface area contributed by atoms with Crippen LogP contribution in [0.25, 0.3) is 0 Å². The SMILES string of the molecule is O=C(c1ccccc1CN1CCCCC1)C1CCCC1. The molecule has 1 saturated carbocycles. The number of carbonyl (C=O) groups excluding carboxylic acids is 1. The van der Waals surface area contributed by atoms with Gasteiger partial charge in [-0.2, -0.15) is 0 Å². The number of benzene rings is 1. The number of likely N-dealkylation sites (tertiary alicyclic amines) is 1. The third-order valence-electron chi connectivity index (χ3n) is 4.85. The molecule has 1 aliphatic heterocycles. The van der Waals surface area contributed by atoms with Crippen LogP contribution in [0.15, 0.2) is 24.3 Å². The Morgan fingerprint density at radius 2 is 1.70 bits per heavy atom. The maximum Gasteiger partial charge on any atom is 0.166 e. The van der Waals surface area contributed by atoms with E-state index in [0.717, 1.165) is 24.9 Å². The van der Waals surface area contributed by atoms with Crippen molar-refractivity contribution in [3.8, 4) is 0 Å². The Kier molecular flexibility index (Phi) is 4.51. The summed E-state index contributed by atoms with van der Waals surface area (Å²) >= 11 is 0. The maximum absolute atomic E-state index is 12.7. The van der Waals surface area contributed by atoms with Crippen molar-refractivity contribution < 1.29 is 4.79 Å². The van der Waals surface area contributed by atoms with Crippen LogP contribution in [0.2, 0.25) is 0 Å². The average Bonchev–Trinajstić information content (AvgIpc) is 3.02. The minimum Gasteiger partial charge on any atom is -0.299 e. The van der Waals surface area contributed by atoms with Crippen LogP contribution in [0.5, 0.6) is 0 Å². The number of hydrogen-bond donors (Lipinski definition) is 0. The molecule has 3 rings (SSSR count). The summed E-state index contributed by atoms with van der Waals surface area (Å²) < 4.78 is 0. The van der Waals surface area contributed by atoms with Gasteiger partial charge in [-0.3, -0.25) is 9.69 Å². The summed E-state index contributed by atoms with van der Waals surface area (Å²) in [6.45, 7) is 3.33. The van der Waals surface area contributed by atoms with Crippen molar-refractivity contribution in [2.45, 2.75) is 51.5 Å². The first-order valence-electron chi connectivity index (χ1n) is 8.19. The van der Waals surface area contributed by atoms with Gasteiger partial charge in [0, 0.05) is 18.0 Å². The molecule has 1 saturated heterocycles. The first-order valence-corrected chi connectivity index (χ1v) is 8.19. The molecule has 0 bridgehead atoms. The van der Waals surface area contributed by atoms with E-state index in [0.29, 0.717) is 5.78 Å². The van der Waals surface area contributed by atoms with Crippen LogP contribution in [0, 0.1) is 5.92 Å². The Morgan fingerprint density at radius 3 is 2.45 bits per heavy atom. The fourth-order valence-electron chi connectivity index (χ4n) is 3.66. The quantitative estimate of drug-likeness (QED) is 0.770. The normalized spacial score (nSPS) is 21.2. The Morgan fingerprint density at radius 1 is 1.00 bits per heavy atom. The average molecular weight is 271 g/mol. The molecule has 1 aromatic rings. The van der Waals surface area contributed by atoms with E-state index in [1.54, 1.807) is 0 Å². The van der Waals surface area contributed by atoms with E-state index < -0.39 is 0 Å². The first kappa shape index (κ1) is 13.8. The Balaban J connectivity index is 1.74. The second-order valence-electron chi connectivity index (χ2n) is 6.34. The van der Waals surface area contributed by atoms with E-state index in [4.69, 9.17) is 0 Å². The zero-order chi connectivity index (χ0) is 13.8. The minimum absolute atomic E-state index is 0.289. The molecular formula is C18H25NO. The summed E-state index contributed by atoms with van der Waals surface area (Å²) in [5, 5.41) is 0. The zero-order valence-corrected chi connectivity index (χ0v) is 12.3. The highest BCUT2D eigenvalue weighted by Gasteiger charge is 2.25. The summed E-state index contributed by atoms with van der Waals surface area (Å²) in [4.78, 5) is 15.2. The molecule has 2 nitrogen and oxygen atoms in total. The minimum atomic E-state index is 0.289. The van der Waals surface area contributed by atoms with E-state index >= 15 is 0 Å². The van der Waals surface area contributed by atoms with Crippen LogP contribution >= 0.6 is 0 Å². The van der Waals surface area contributed by atoms with Crippen molar-refractivity contribution in [3.05, 3.63) is 35.4 Å². The third-order valence-corrected chi connectivity index (χ3v) is 4.85. The van der Waals surface area contributed by atoms with Gasteiger partial charge in [0.25, 0.3) is 0 Å². The zero-order valence-electron chi connectivity index (χ0n) is 12.3. The summed E-state index contributed by atoms with van der Waals surface area (Å²) in [6, 6.07) is 8.28. The lowest BCUT2D eigenvalue weighted by Crippen LogP contribution is -2.30. The van der Waals surface area contributed by atoms with E-state index in [1.165, 1.54) is 50.8 Å². The maximum atomic E-state index is 12.7. The van der Waals surface area contributed by atoms with E-state index in [9.17, 15) is 4.79 Å². The van der Waals surface area contributed by atoms with Crippen LogP contribution in [0.1, 0.15) is 60.9 Å². The lowest BCUT2D eigenvalue weighted by Gasteiger charge is -2.27. The van der Waals surface area contributed by atoms with Crippen molar-refractivity contribution in [3.63, 3.8) is 0 Å². The molecule has 108 valence electrons. The van der Waals surface area contributed by atoms with Crippen LogP contribution in [-0.2, 0) is 6.54 Å². The number of nitrogens with zero attached hydrogens (tertiary/aromatic N) is 1. The molecule has 0 N–H and O–H groups in total. The van der Waals surface area contributed by atoms with Crippen molar-refractivity contribution in [1.82, 2.24) is 4.90 Å². The topological polar surface area (TPSA) is 20.3 Å². The predicted molar refractivity (Wildman–Crippen MR) is 81.9 cm³/mol. The molecule has 2 aliphatic rings. The molecule has 1 aromatic carbocycles. The molecule has 0 unspecified atom stereocenters. The summed E-state index contributed by atoms with van der Waals surface area (Å²) in [5.74, 6) is 0.688. The van der Waals surface area contributed by atoms with E-state index in [-0.39, 0.29) is 5.92 Å². The Hall–Kier alpha value is -1.15. The van der Waals surface area contributed by atoms with Crippen molar-refractivity contribution in [2.75, 3.05) is 13.1 Å². The molecule has 20 heavy (non-hydrogen) atoms. The molecule has 1 heterocycles. The van der Waals surface area contributed by atoms with Crippen LogP contribution in [0.3, 0.4) is 0 Å². The molecule has 0 spiro atoms. The molecule has 2 fully saturated rings. The van der Waals surface area contributed by atoms with Gasteiger partial charge in [0.05, 0.1) is 0 Å². The van der Waals surface area contributed by atoms with Crippen LogP contribution < -0.4 is 0 Å². The molecule has 1 aliphatic carbocycles. The molecule has 0 amide bonds. The number of rotatable bonds is 4. The summed E-state index contributed by atoms with van der Waals surface area (Å²) in [7, 11) is 0. The molecule has 0 aromatic heterocycles. The van der Waals surface area contributed by atoms with Gasteiger partial charge in [0.2, 0.25) is 0 Å². The van der Waals surface area contributed by atoms with Gasteiger partial charge in [-0.25, -0.2) is 0 Å². The second kappa shape index (κ2) is 6.53. The number of carbonyl (C=O) groups is 1. The number of piperidine rings is 1. The lowest BCUT2D eigenvalue weighted by atomic mass is 9.92. The molecule has 0 radical (unpaired) electrons. The van der Waals surface area contributed by atoms with Crippen molar-refractivity contribution >= 4 is 5.78 Å². The van der Waals surface area contributed by atoms with Gasteiger partial charge in [-0.15, -0.1) is 0 Å². The highest BCUT2D eigenvalue weighted by Crippen LogP contribution is 2.29. The first-order chi connectivity index (χ1) is 9.84. The molecule has 0 atom stereocenters. The molecule has 2 heteroatoms. The van der Waals surface area contributed by atoms with Crippen molar-refractivity contribution in [1.29, 1.82) is 0 Å². The smallest absolute Gasteiger partial charge is 0.166 e. The number of ketones is 1. The Labute approximate surface area is 122 Å².